The number of hydrogen-bond donors (Lipinski definition) is 5. The number of anilines is 1. The molecule has 1 amide bonds. The lowest BCUT2D eigenvalue weighted by Gasteiger charge is -2.30. The minimum Gasteiger partial charge on any atom is -0.370 e. The van der Waals surface area contributed by atoms with Gasteiger partial charge < -0.3 is 27.1 Å². The molecule has 4 aromatic rings. The van der Waals surface area contributed by atoms with Gasteiger partial charge in [0.2, 0.25) is 5.82 Å². The monoisotopic (exact) mass is 471 g/mol. The Morgan fingerprint density at radius 2 is 1.91 bits per heavy atom. The number of fused-ring (bicyclic) bond motifs is 2. The topological polar surface area (TPSA) is 160 Å². The van der Waals surface area contributed by atoms with Gasteiger partial charge in [0.1, 0.15) is 11.6 Å². The van der Waals surface area contributed by atoms with E-state index in [1.54, 1.807) is 0 Å². The second kappa shape index (κ2) is 9.57. The Kier molecular flexibility index (Phi) is 6.17. The van der Waals surface area contributed by atoms with E-state index < -0.39 is 0 Å². The first-order chi connectivity index (χ1) is 17.0. The summed E-state index contributed by atoms with van der Waals surface area (Å²) in [6.07, 6.45) is 3.94. The number of nitrogens with two attached hydrogens (primary N) is 2. The molecule has 7 N–H and O–H groups in total. The second-order valence-corrected chi connectivity index (χ2v) is 8.96. The first-order valence-corrected chi connectivity index (χ1v) is 11.8. The third-order valence-electron chi connectivity index (χ3n) is 6.28. The Morgan fingerprint density at radius 3 is 2.74 bits per heavy atom. The molecule has 0 bridgehead atoms. The zero-order valence-electron chi connectivity index (χ0n) is 19.6. The van der Waals surface area contributed by atoms with Gasteiger partial charge in [0.25, 0.3) is 5.91 Å². The summed E-state index contributed by atoms with van der Waals surface area (Å²) in [5.41, 5.74) is 14.9. The number of carbonyl (C=O) groups is 1. The van der Waals surface area contributed by atoms with E-state index in [4.69, 9.17) is 11.5 Å². The number of carbonyl (C=O) groups excluding carboxylic acids is 1. The number of aliphatic imine (C=N–C) groups is 1. The zero-order valence-corrected chi connectivity index (χ0v) is 19.6. The lowest BCUT2D eigenvalue weighted by atomic mass is 9.90. The first-order valence-electron chi connectivity index (χ1n) is 11.8. The van der Waals surface area contributed by atoms with Crippen LogP contribution < -0.4 is 22.1 Å². The van der Waals surface area contributed by atoms with Crippen molar-refractivity contribution in [2.75, 3.05) is 5.32 Å². The molecular weight excluding hydrogens is 442 g/mol. The summed E-state index contributed by atoms with van der Waals surface area (Å²) in [6, 6.07) is 13.6. The predicted molar refractivity (Wildman–Crippen MR) is 137 cm³/mol. The van der Waals surface area contributed by atoms with Crippen LogP contribution in [-0.4, -0.2) is 43.9 Å². The maximum absolute atomic E-state index is 13.0. The third-order valence-corrected chi connectivity index (χ3v) is 6.28. The molecule has 10 heteroatoms. The number of para-hydroxylation sites is 2. The van der Waals surface area contributed by atoms with Crippen LogP contribution in [0.2, 0.25) is 0 Å². The molecule has 0 spiro atoms. The molecule has 5 rings (SSSR count). The molecule has 1 aliphatic carbocycles. The van der Waals surface area contributed by atoms with Gasteiger partial charge in [-0.15, -0.1) is 0 Å². The average molecular weight is 472 g/mol. The highest BCUT2D eigenvalue weighted by Gasteiger charge is 2.26. The molecule has 180 valence electrons. The van der Waals surface area contributed by atoms with Crippen LogP contribution in [0.25, 0.3) is 21.9 Å². The van der Waals surface area contributed by atoms with E-state index in [2.05, 4.69) is 35.6 Å². The number of rotatable bonds is 6. The van der Waals surface area contributed by atoms with Gasteiger partial charge in [0, 0.05) is 5.39 Å². The van der Waals surface area contributed by atoms with Gasteiger partial charge in [0.05, 0.1) is 35.2 Å². The largest absolute Gasteiger partial charge is 0.370 e. The number of aryl methyl sites for hydroxylation is 1. The number of benzene rings is 2. The Bertz CT molecular complexity index is 1370. The Morgan fingerprint density at radius 1 is 1.09 bits per heavy atom. The van der Waals surface area contributed by atoms with Crippen LogP contribution in [0.15, 0.2) is 47.5 Å². The molecule has 35 heavy (non-hydrogen) atoms. The van der Waals surface area contributed by atoms with Gasteiger partial charge in [0.15, 0.2) is 5.96 Å². The molecule has 2 aromatic carbocycles. The quantitative estimate of drug-likeness (QED) is 0.213. The SMILES string of the molecule is Cc1ccc2nc(C(=O)NCc3nc4ccccc4[nH]3)nc(N[C@H]3CCCC[C@H]3N=C(N)N)c2c1. The minimum absolute atomic E-state index is 0.0101. The molecular formula is C25H29N9O. The zero-order chi connectivity index (χ0) is 24.4. The maximum atomic E-state index is 13.0. The highest BCUT2D eigenvalue weighted by molar-refractivity contribution is 5.96. The fourth-order valence-electron chi connectivity index (χ4n) is 4.59. The second-order valence-electron chi connectivity index (χ2n) is 8.96. The van der Waals surface area contributed by atoms with Gasteiger partial charge in [-0.3, -0.25) is 4.79 Å². The van der Waals surface area contributed by atoms with Crippen molar-refractivity contribution < 1.29 is 4.79 Å². The number of nitrogens with one attached hydrogen (secondary N) is 3. The number of guanidine groups is 1. The summed E-state index contributed by atoms with van der Waals surface area (Å²) < 4.78 is 0. The van der Waals surface area contributed by atoms with Gasteiger partial charge >= 0.3 is 0 Å². The number of hydrogen-bond acceptors (Lipinski definition) is 6. The lowest BCUT2D eigenvalue weighted by Crippen LogP contribution is -2.38. The summed E-state index contributed by atoms with van der Waals surface area (Å²) in [7, 11) is 0. The van der Waals surface area contributed by atoms with E-state index >= 15 is 0 Å². The number of aromatic nitrogens is 4. The van der Waals surface area contributed by atoms with Crippen molar-refractivity contribution in [1.82, 2.24) is 25.3 Å². The summed E-state index contributed by atoms with van der Waals surface area (Å²) in [4.78, 5) is 34.3. The third kappa shape index (κ3) is 5.01. The van der Waals surface area contributed by atoms with E-state index in [-0.39, 0.29) is 36.3 Å². The summed E-state index contributed by atoms with van der Waals surface area (Å²) >= 11 is 0. The molecule has 2 heterocycles. The van der Waals surface area contributed by atoms with Crippen LogP contribution in [-0.2, 0) is 6.54 Å². The standard InChI is InChI=1S/C25H29N9O/c1-14-10-11-16-15(12-14)22(32-19-8-4-5-9-20(19)33-25(26)27)34-23(31-16)24(35)28-13-21-29-17-6-2-3-7-18(17)30-21/h2-3,6-7,10-12,19-20H,4-5,8-9,13H2,1H3,(H,28,35)(H,29,30)(H4,26,27,33)(H,31,32,34)/t19-,20+/m0/s1. The Hall–Kier alpha value is -4.21. The number of H-pyrrole nitrogens is 1. The van der Waals surface area contributed by atoms with E-state index in [9.17, 15) is 4.79 Å². The fourth-order valence-corrected chi connectivity index (χ4v) is 4.59. The van der Waals surface area contributed by atoms with Crippen molar-refractivity contribution in [3.05, 3.63) is 59.7 Å². The minimum atomic E-state index is -0.375. The van der Waals surface area contributed by atoms with Gasteiger partial charge in [-0.2, -0.15) is 0 Å². The van der Waals surface area contributed by atoms with Crippen molar-refractivity contribution in [3.63, 3.8) is 0 Å². The number of nitrogens with zero attached hydrogens (tertiary/aromatic N) is 4. The van der Waals surface area contributed by atoms with Gasteiger partial charge in [-0.25, -0.2) is 19.9 Å². The van der Waals surface area contributed by atoms with E-state index in [0.717, 1.165) is 47.7 Å². The summed E-state index contributed by atoms with van der Waals surface area (Å²) in [6.45, 7) is 2.25. The Labute approximate surface area is 202 Å². The van der Waals surface area contributed by atoms with Crippen molar-refractivity contribution in [3.8, 4) is 0 Å². The normalized spacial score (nSPS) is 17.9. The van der Waals surface area contributed by atoms with Crippen molar-refractivity contribution in [2.45, 2.75) is 51.2 Å². The number of amides is 1. The molecule has 2 atom stereocenters. The van der Waals surface area contributed by atoms with Crippen molar-refractivity contribution in [1.29, 1.82) is 0 Å². The number of aromatic amines is 1. The van der Waals surface area contributed by atoms with Crippen molar-refractivity contribution >= 4 is 39.6 Å². The first kappa shape index (κ1) is 22.6. The molecule has 1 saturated carbocycles. The smallest absolute Gasteiger partial charge is 0.289 e. The van der Waals surface area contributed by atoms with E-state index in [1.807, 2.05) is 49.4 Å². The van der Waals surface area contributed by atoms with Crippen LogP contribution in [0.1, 0.15) is 47.7 Å². The Balaban J connectivity index is 1.42. The summed E-state index contributed by atoms with van der Waals surface area (Å²) in [5, 5.41) is 7.26. The molecule has 10 nitrogen and oxygen atoms in total. The molecule has 2 aromatic heterocycles. The van der Waals surface area contributed by atoms with Crippen LogP contribution in [0.4, 0.5) is 5.82 Å². The number of imidazole rings is 1. The van der Waals surface area contributed by atoms with Crippen LogP contribution in [0.5, 0.6) is 0 Å². The molecule has 0 unspecified atom stereocenters. The maximum Gasteiger partial charge on any atom is 0.289 e. The summed E-state index contributed by atoms with van der Waals surface area (Å²) in [5.74, 6) is 1.07. The molecule has 1 fully saturated rings. The molecule has 1 aliphatic rings. The van der Waals surface area contributed by atoms with Crippen LogP contribution >= 0.6 is 0 Å². The van der Waals surface area contributed by atoms with Crippen LogP contribution in [0, 0.1) is 6.92 Å². The molecule has 0 aliphatic heterocycles. The van der Waals surface area contributed by atoms with E-state index in [1.165, 1.54) is 0 Å². The van der Waals surface area contributed by atoms with Gasteiger partial charge in [-0.05, 0) is 44.0 Å². The lowest BCUT2D eigenvalue weighted by molar-refractivity contribution is 0.0940. The average Bonchev–Trinajstić information content (AvgIpc) is 3.26. The van der Waals surface area contributed by atoms with E-state index in [0.29, 0.717) is 17.2 Å². The van der Waals surface area contributed by atoms with Crippen molar-refractivity contribution in [2.24, 2.45) is 16.5 Å². The van der Waals surface area contributed by atoms with Crippen LogP contribution in [0.3, 0.4) is 0 Å². The fraction of sp³-hybridized carbons (Fsp3) is 0.320. The van der Waals surface area contributed by atoms with Gasteiger partial charge in [-0.1, -0.05) is 36.6 Å². The molecule has 0 saturated heterocycles. The highest BCUT2D eigenvalue weighted by Crippen LogP contribution is 2.28. The predicted octanol–water partition coefficient (Wildman–Crippen LogP) is 2.74. The highest BCUT2D eigenvalue weighted by atomic mass is 16.2. The molecule has 0 radical (unpaired) electrons.